The van der Waals surface area contributed by atoms with E-state index in [0.717, 1.165) is 11.1 Å². The highest BCUT2D eigenvalue weighted by molar-refractivity contribution is 5.91. The molecule has 108 valence electrons. The van der Waals surface area contributed by atoms with E-state index in [-0.39, 0.29) is 11.5 Å². The number of rotatable bonds is 4. The molecular formula is C16H15NO4. The van der Waals surface area contributed by atoms with Gasteiger partial charge < -0.3 is 15.2 Å². The molecule has 0 aromatic heterocycles. The SMILES string of the molecule is COc1cc(C(=O)O)ccc1-c1cccc(NC(C)=O)c1. The Balaban J connectivity index is 2.46. The van der Waals surface area contributed by atoms with Crippen LogP contribution in [0.5, 0.6) is 5.75 Å². The maximum atomic E-state index is 11.1. The number of amides is 1. The van der Waals surface area contributed by atoms with Crippen molar-refractivity contribution < 1.29 is 19.4 Å². The Morgan fingerprint density at radius 2 is 1.90 bits per heavy atom. The lowest BCUT2D eigenvalue weighted by Gasteiger charge is -2.11. The van der Waals surface area contributed by atoms with Gasteiger partial charge in [0, 0.05) is 18.2 Å². The van der Waals surface area contributed by atoms with Crippen LogP contribution in [-0.4, -0.2) is 24.1 Å². The number of carbonyl (C=O) groups excluding carboxylic acids is 1. The summed E-state index contributed by atoms with van der Waals surface area (Å²) in [5.41, 5.74) is 2.42. The first kappa shape index (κ1) is 14.6. The number of hydrogen-bond donors (Lipinski definition) is 2. The lowest BCUT2D eigenvalue weighted by molar-refractivity contribution is -0.114. The summed E-state index contributed by atoms with van der Waals surface area (Å²) in [5.74, 6) is -0.693. The minimum absolute atomic E-state index is 0.152. The van der Waals surface area contributed by atoms with Crippen LogP contribution in [0.4, 0.5) is 5.69 Å². The quantitative estimate of drug-likeness (QED) is 0.905. The van der Waals surface area contributed by atoms with Gasteiger partial charge in [0.05, 0.1) is 12.7 Å². The summed E-state index contributed by atoms with van der Waals surface area (Å²) in [6.07, 6.45) is 0. The van der Waals surface area contributed by atoms with Gasteiger partial charge in [-0.3, -0.25) is 4.79 Å². The lowest BCUT2D eigenvalue weighted by Crippen LogP contribution is -2.05. The summed E-state index contributed by atoms with van der Waals surface area (Å²) in [6, 6.07) is 11.9. The molecule has 2 rings (SSSR count). The van der Waals surface area contributed by atoms with Crippen molar-refractivity contribution in [2.24, 2.45) is 0 Å². The fourth-order valence-electron chi connectivity index (χ4n) is 2.03. The third kappa shape index (κ3) is 3.39. The Morgan fingerprint density at radius 3 is 2.52 bits per heavy atom. The van der Waals surface area contributed by atoms with Gasteiger partial charge in [0.25, 0.3) is 0 Å². The first-order valence-electron chi connectivity index (χ1n) is 6.30. The van der Waals surface area contributed by atoms with E-state index in [1.54, 1.807) is 18.2 Å². The van der Waals surface area contributed by atoms with Crippen molar-refractivity contribution in [3.05, 3.63) is 48.0 Å². The largest absolute Gasteiger partial charge is 0.496 e. The maximum Gasteiger partial charge on any atom is 0.335 e. The summed E-state index contributed by atoms with van der Waals surface area (Å²) < 4.78 is 5.26. The summed E-state index contributed by atoms with van der Waals surface area (Å²) in [4.78, 5) is 22.1. The number of carboxylic acids is 1. The zero-order valence-electron chi connectivity index (χ0n) is 11.7. The molecule has 0 radical (unpaired) electrons. The lowest BCUT2D eigenvalue weighted by atomic mass is 10.0. The third-order valence-electron chi connectivity index (χ3n) is 2.94. The number of hydrogen-bond acceptors (Lipinski definition) is 3. The van der Waals surface area contributed by atoms with E-state index < -0.39 is 5.97 Å². The number of carbonyl (C=O) groups is 2. The molecule has 5 heteroatoms. The van der Waals surface area contributed by atoms with Crippen LogP contribution in [0.15, 0.2) is 42.5 Å². The smallest absolute Gasteiger partial charge is 0.335 e. The molecule has 0 aliphatic heterocycles. The molecule has 0 saturated carbocycles. The van der Waals surface area contributed by atoms with Crippen molar-refractivity contribution >= 4 is 17.6 Å². The van der Waals surface area contributed by atoms with Crippen LogP contribution in [0.1, 0.15) is 17.3 Å². The van der Waals surface area contributed by atoms with Crippen molar-refractivity contribution in [2.75, 3.05) is 12.4 Å². The molecule has 0 heterocycles. The van der Waals surface area contributed by atoms with E-state index in [1.165, 1.54) is 26.2 Å². The van der Waals surface area contributed by atoms with Crippen molar-refractivity contribution in [1.29, 1.82) is 0 Å². The van der Waals surface area contributed by atoms with E-state index in [9.17, 15) is 9.59 Å². The Morgan fingerprint density at radius 1 is 1.14 bits per heavy atom. The summed E-state index contributed by atoms with van der Waals surface area (Å²) >= 11 is 0. The second-order valence-electron chi connectivity index (χ2n) is 4.48. The fourth-order valence-corrected chi connectivity index (χ4v) is 2.03. The number of carboxylic acid groups (broad SMARTS) is 1. The fraction of sp³-hybridized carbons (Fsp3) is 0.125. The molecular weight excluding hydrogens is 270 g/mol. The number of anilines is 1. The van der Waals surface area contributed by atoms with Crippen LogP contribution in [0.3, 0.4) is 0 Å². The van der Waals surface area contributed by atoms with E-state index >= 15 is 0 Å². The van der Waals surface area contributed by atoms with Gasteiger partial charge in [-0.25, -0.2) is 4.79 Å². The molecule has 0 aliphatic rings. The second-order valence-corrected chi connectivity index (χ2v) is 4.48. The van der Waals surface area contributed by atoms with Crippen LogP contribution in [0.2, 0.25) is 0 Å². The summed E-state index contributed by atoms with van der Waals surface area (Å²) in [5, 5.41) is 11.7. The molecule has 0 unspecified atom stereocenters. The average molecular weight is 285 g/mol. The van der Waals surface area contributed by atoms with Crippen molar-refractivity contribution in [3.63, 3.8) is 0 Å². The van der Waals surface area contributed by atoms with Crippen LogP contribution in [0, 0.1) is 0 Å². The van der Waals surface area contributed by atoms with Crippen LogP contribution in [0.25, 0.3) is 11.1 Å². The molecule has 0 bridgehead atoms. The highest BCUT2D eigenvalue weighted by Crippen LogP contribution is 2.32. The van der Waals surface area contributed by atoms with Gasteiger partial charge in [-0.15, -0.1) is 0 Å². The minimum Gasteiger partial charge on any atom is -0.496 e. The predicted molar refractivity (Wildman–Crippen MR) is 79.7 cm³/mol. The predicted octanol–water partition coefficient (Wildman–Crippen LogP) is 3.02. The minimum atomic E-state index is -1.01. The van der Waals surface area contributed by atoms with Crippen molar-refractivity contribution in [2.45, 2.75) is 6.92 Å². The monoisotopic (exact) mass is 285 g/mol. The van der Waals surface area contributed by atoms with Gasteiger partial charge in [0.15, 0.2) is 0 Å². The molecule has 21 heavy (non-hydrogen) atoms. The zero-order valence-corrected chi connectivity index (χ0v) is 11.7. The van der Waals surface area contributed by atoms with Crippen molar-refractivity contribution in [3.8, 4) is 16.9 Å². The van der Waals surface area contributed by atoms with Gasteiger partial charge in [0.1, 0.15) is 5.75 Å². The number of methoxy groups -OCH3 is 1. The number of aromatic carboxylic acids is 1. The van der Waals surface area contributed by atoms with Crippen LogP contribution in [-0.2, 0) is 4.79 Å². The zero-order chi connectivity index (χ0) is 15.4. The van der Waals surface area contributed by atoms with Crippen LogP contribution >= 0.6 is 0 Å². The van der Waals surface area contributed by atoms with Gasteiger partial charge in [0.2, 0.25) is 5.91 Å². The van der Waals surface area contributed by atoms with E-state index in [2.05, 4.69) is 5.32 Å². The normalized spacial score (nSPS) is 10.0. The number of nitrogens with one attached hydrogen (secondary N) is 1. The first-order chi connectivity index (χ1) is 10.0. The molecule has 0 aliphatic carbocycles. The Hall–Kier alpha value is -2.82. The molecule has 0 saturated heterocycles. The standard InChI is InChI=1S/C16H15NO4/c1-10(18)17-13-5-3-4-11(8-13)14-7-6-12(16(19)20)9-15(14)21-2/h3-9H,1-2H3,(H,17,18)(H,19,20). The van der Waals surface area contributed by atoms with Gasteiger partial charge in [-0.1, -0.05) is 12.1 Å². The third-order valence-corrected chi connectivity index (χ3v) is 2.94. The average Bonchev–Trinajstić information content (AvgIpc) is 2.46. The molecule has 2 aromatic rings. The Bertz CT molecular complexity index is 694. The maximum absolute atomic E-state index is 11.1. The van der Waals surface area contributed by atoms with Gasteiger partial charge in [-0.2, -0.15) is 0 Å². The Labute approximate surface area is 122 Å². The van der Waals surface area contributed by atoms with Gasteiger partial charge in [-0.05, 0) is 35.9 Å². The van der Waals surface area contributed by atoms with E-state index in [4.69, 9.17) is 9.84 Å². The van der Waals surface area contributed by atoms with E-state index in [1.807, 2.05) is 12.1 Å². The molecule has 2 N–H and O–H groups in total. The molecule has 0 fully saturated rings. The molecule has 5 nitrogen and oxygen atoms in total. The molecule has 2 aromatic carbocycles. The van der Waals surface area contributed by atoms with Gasteiger partial charge >= 0.3 is 5.97 Å². The summed E-state index contributed by atoms with van der Waals surface area (Å²) in [7, 11) is 1.49. The highest BCUT2D eigenvalue weighted by Gasteiger charge is 2.11. The molecule has 0 atom stereocenters. The topological polar surface area (TPSA) is 75.6 Å². The first-order valence-corrected chi connectivity index (χ1v) is 6.30. The summed E-state index contributed by atoms with van der Waals surface area (Å²) in [6.45, 7) is 1.44. The highest BCUT2D eigenvalue weighted by atomic mass is 16.5. The number of benzene rings is 2. The van der Waals surface area contributed by atoms with Crippen molar-refractivity contribution in [1.82, 2.24) is 0 Å². The second kappa shape index (κ2) is 6.09. The van der Waals surface area contributed by atoms with E-state index in [0.29, 0.717) is 11.4 Å². The number of ether oxygens (including phenoxy) is 1. The Kier molecular flexibility index (Phi) is 4.23. The molecule has 0 spiro atoms. The molecule has 1 amide bonds. The van der Waals surface area contributed by atoms with Crippen LogP contribution < -0.4 is 10.1 Å².